The van der Waals surface area contributed by atoms with Gasteiger partial charge in [0.25, 0.3) is 0 Å². The van der Waals surface area contributed by atoms with Crippen LogP contribution in [0, 0.1) is 5.92 Å². The highest BCUT2D eigenvalue weighted by atomic mass is 35.5. The first-order chi connectivity index (χ1) is 12.3. The van der Waals surface area contributed by atoms with Crippen LogP contribution in [0.3, 0.4) is 0 Å². The van der Waals surface area contributed by atoms with E-state index in [9.17, 15) is 13.2 Å². The number of carbonyl (C=O) groups is 1. The summed E-state index contributed by atoms with van der Waals surface area (Å²) in [5.74, 6) is 0.170. The second-order valence-electron chi connectivity index (χ2n) is 6.94. The van der Waals surface area contributed by atoms with Gasteiger partial charge in [-0.3, -0.25) is 4.79 Å². The van der Waals surface area contributed by atoms with Crippen molar-refractivity contribution in [1.82, 2.24) is 4.31 Å². The van der Waals surface area contributed by atoms with Crippen LogP contribution in [0.5, 0.6) is 0 Å². The summed E-state index contributed by atoms with van der Waals surface area (Å²) < 4.78 is 28.0. The fraction of sp³-hybridized carbons (Fsp3) is 0.421. The number of nitrogens with two attached hydrogens (primary N) is 1. The SMILES string of the molecule is CC(=O)Nc1ccc(S(=O)(=O)N2CCC(C(C)N)CC2)c2ccccc12.Cl. The number of anilines is 1. The van der Waals surface area contributed by atoms with Gasteiger partial charge in [0.15, 0.2) is 0 Å². The van der Waals surface area contributed by atoms with E-state index in [1.54, 1.807) is 28.6 Å². The average molecular weight is 412 g/mol. The molecule has 1 saturated heterocycles. The Labute approximate surface area is 166 Å². The van der Waals surface area contributed by atoms with Gasteiger partial charge >= 0.3 is 0 Å². The summed E-state index contributed by atoms with van der Waals surface area (Å²) in [6, 6.07) is 10.6. The lowest BCUT2D eigenvalue weighted by Gasteiger charge is -2.33. The number of rotatable bonds is 4. The fourth-order valence-electron chi connectivity index (χ4n) is 3.58. The van der Waals surface area contributed by atoms with Crippen LogP contribution >= 0.6 is 12.4 Å². The van der Waals surface area contributed by atoms with Crippen LogP contribution in [0.1, 0.15) is 26.7 Å². The van der Waals surface area contributed by atoms with Gasteiger partial charge in [0, 0.05) is 42.5 Å². The first kappa shape index (κ1) is 21.6. The molecule has 2 aromatic rings. The molecule has 1 aliphatic rings. The maximum atomic E-state index is 13.2. The second-order valence-corrected chi connectivity index (χ2v) is 8.85. The molecule has 148 valence electrons. The molecule has 0 bridgehead atoms. The minimum Gasteiger partial charge on any atom is -0.328 e. The largest absolute Gasteiger partial charge is 0.328 e. The number of hydrogen-bond acceptors (Lipinski definition) is 4. The zero-order chi connectivity index (χ0) is 18.9. The minimum absolute atomic E-state index is 0. The smallest absolute Gasteiger partial charge is 0.243 e. The molecule has 3 rings (SSSR count). The lowest BCUT2D eigenvalue weighted by atomic mass is 9.92. The summed E-state index contributed by atoms with van der Waals surface area (Å²) >= 11 is 0. The summed E-state index contributed by atoms with van der Waals surface area (Å²) in [7, 11) is -3.60. The van der Waals surface area contributed by atoms with Gasteiger partial charge in [-0.25, -0.2) is 8.42 Å². The Balaban J connectivity index is 0.00000261. The molecular weight excluding hydrogens is 386 g/mol. The van der Waals surface area contributed by atoms with Gasteiger partial charge in [-0.2, -0.15) is 4.31 Å². The topological polar surface area (TPSA) is 92.5 Å². The number of sulfonamides is 1. The average Bonchev–Trinajstić information content (AvgIpc) is 2.61. The molecule has 1 heterocycles. The number of benzene rings is 2. The molecule has 2 aromatic carbocycles. The Morgan fingerprint density at radius 3 is 2.30 bits per heavy atom. The summed E-state index contributed by atoms with van der Waals surface area (Å²) in [6.07, 6.45) is 1.55. The van der Waals surface area contributed by atoms with Gasteiger partial charge in [-0.1, -0.05) is 24.3 Å². The number of halogens is 1. The van der Waals surface area contributed by atoms with Crippen LogP contribution in [0.25, 0.3) is 10.8 Å². The van der Waals surface area contributed by atoms with Crippen molar-refractivity contribution in [1.29, 1.82) is 0 Å². The molecule has 1 amide bonds. The maximum Gasteiger partial charge on any atom is 0.243 e. The normalized spacial score (nSPS) is 17.3. The van der Waals surface area contributed by atoms with Crippen molar-refractivity contribution in [3.63, 3.8) is 0 Å². The number of carbonyl (C=O) groups excluding carboxylic acids is 1. The third kappa shape index (κ3) is 4.43. The molecule has 1 atom stereocenters. The van der Waals surface area contributed by atoms with Crippen LogP contribution in [0.4, 0.5) is 5.69 Å². The monoisotopic (exact) mass is 411 g/mol. The third-order valence-electron chi connectivity index (χ3n) is 5.05. The molecule has 1 aliphatic heterocycles. The predicted molar refractivity (Wildman–Crippen MR) is 111 cm³/mol. The van der Waals surface area contributed by atoms with E-state index in [1.165, 1.54) is 6.92 Å². The zero-order valence-corrected chi connectivity index (χ0v) is 17.1. The summed E-state index contributed by atoms with van der Waals surface area (Å²) in [6.45, 7) is 4.37. The molecule has 3 N–H and O–H groups in total. The highest BCUT2D eigenvalue weighted by Crippen LogP contribution is 2.33. The Morgan fingerprint density at radius 2 is 1.74 bits per heavy atom. The summed E-state index contributed by atoms with van der Waals surface area (Å²) in [5, 5.41) is 4.10. The number of hydrogen-bond donors (Lipinski definition) is 2. The van der Waals surface area contributed by atoms with Crippen molar-refractivity contribution >= 4 is 44.8 Å². The fourth-order valence-corrected chi connectivity index (χ4v) is 5.24. The van der Waals surface area contributed by atoms with Crippen LogP contribution < -0.4 is 11.1 Å². The van der Waals surface area contributed by atoms with E-state index < -0.39 is 10.0 Å². The van der Waals surface area contributed by atoms with Crippen LogP contribution in [0.15, 0.2) is 41.3 Å². The van der Waals surface area contributed by atoms with Crippen molar-refractivity contribution in [3.8, 4) is 0 Å². The predicted octanol–water partition coefficient (Wildman–Crippen LogP) is 2.97. The molecule has 0 aromatic heterocycles. The zero-order valence-electron chi connectivity index (χ0n) is 15.5. The summed E-state index contributed by atoms with van der Waals surface area (Å²) in [5.41, 5.74) is 6.57. The number of piperidine rings is 1. The lowest BCUT2D eigenvalue weighted by Crippen LogP contribution is -2.42. The van der Waals surface area contributed by atoms with Gasteiger partial charge < -0.3 is 11.1 Å². The molecule has 0 spiro atoms. The van der Waals surface area contributed by atoms with Crippen molar-refractivity contribution < 1.29 is 13.2 Å². The van der Waals surface area contributed by atoms with Gasteiger partial charge in [-0.05, 0) is 37.8 Å². The lowest BCUT2D eigenvalue weighted by molar-refractivity contribution is -0.114. The highest BCUT2D eigenvalue weighted by molar-refractivity contribution is 7.89. The Morgan fingerprint density at radius 1 is 1.15 bits per heavy atom. The number of nitrogens with zero attached hydrogens (tertiary/aromatic N) is 1. The highest BCUT2D eigenvalue weighted by Gasteiger charge is 2.31. The molecule has 27 heavy (non-hydrogen) atoms. The molecule has 0 aliphatic carbocycles. The van der Waals surface area contributed by atoms with Crippen LogP contribution in [-0.4, -0.2) is 37.8 Å². The second kappa shape index (κ2) is 8.56. The molecule has 0 radical (unpaired) electrons. The van der Waals surface area contributed by atoms with Crippen molar-refractivity contribution in [2.45, 2.75) is 37.6 Å². The first-order valence-corrected chi connectivity index (χ1v) is 10.3. The molecule has 8 heteroatoms. The molecule has 1 fully saturated rings. The van der Waals surface area contributed by atoms with Gasteiger partial charge in [0.2, 0.25) is 15.9 Å². The molecule has 6 nitrogen and oxygen atoms in total. The van der Waals surface area contributed by atoms with Gasteiger partial charge in [-0.15, -0.1) is 12.4 Å². The Bertz CT molecular complexity index is 923. The molecule has 0 saturated carbocycles. The van der Waals surface area contributed by atoms with E-state index in [4.69, 9.17) is 5.73 Å². The van der Waals surface area contributed by atoms with Crippen molar-refractivity contribution in [2.75, 3.05) is 18.4 Å². The van der Waals surface area contributed by atoms with Crippen LogP contribution in [0.2, 0.25) is 0 Å². The van der Waals surface area contributed by atoms with E-state index >= 15 is 0 Å². The van der Waals surface area contributed by atoms with E-state index in [1.807, 2.05) is 19.1 Å². The van der Waals surface area contributed by atoms with Crippen molar-refractivity contribution in [3.05, 3.63) is 36.4 Å². The Kier molecular flexibility index (Phi) is 6.86. The van der Waals surface area contributed by atoms with Gasteiger partial charge in [0.05, 0.1) is 4.90 Å². The maximum absolute atomic E-state index is 13.2. The Hall–Kier alpha value is -1.67. The minimum atomic E-state index is -3.60. The first-order valence-electron chi connectivity index (χ1n) is 8.86. The number of nitrogens with one attached hydrogen (secondary N) is 1. The van der Waals surface area contributed by atoms with E-state index in [0.717, 1.165) is 12.8 Å². The van der Waals surface area contributed by atoms with Crippen molar-refractivity contribution in [2.24, 2.45) is 11.7 Å². The van der Waals surface area contributed by atoms with E-state index in [0.29, 0.717) is 35.5 Å². The quantitative estimate of drug-likeness (QED) is 0.808. The third-order valence-corrected chi connectivity index (χ3v) is 7.01. The summed E-state index contributed by atoms with van der Waals surface area (Å²) in [4.78, 5) is 11.7. The van der Waals surface area contributed by atoms with E-state index in [-0.39, 0.29) is 29.3 Å². The number of fused-ring (bicyclic) bond motifs is 1. The molecule has 1 unspecified atom stereocenters. The van der Waals surface area contributed by atoms with Gasteiger partial charge in [0.1, 0.15) is 0 Å². The number of amides is 1. The van der Waals surface area contributed by atoms with E-state index in [2.05, 4.69) is 5.32 Å². The standard InChI is InChI=1S/C19H25N3O3S.ClH/c1-13(20)15-9-11-22(12-10-15)26(24,25)19-8-7-18(21-14(2)23)16-5-3-4-6-17(16)19;/h3-8,13,15H,9-12,20H2,1-2H3,(H,21,23);1H. The van der Waals surface area contributed by atoms with Crippen LogP contribution in [-0.2, 0) is 14.8 Å². The molecular formula is C19H26ClN3O3S.